The first kappa shape index (κ1) is 13.1. The van der Waals surface area contributed by atoms with Crippen molar-refractivity contribution in [1.29, 1.82) is 0 Å². The van der Waals surface area contributed by atoms with Crippen molar-refractivity contribution in [1.82, 2.24) is 10.3 Å². The molecule has 3 nitrogen and oxygen atoms in total. The van der Waals surface area contributed by atoms with E-state index in [0.29, 0.717) is 6.04 Å². The molecule has 0 aliphatic heterocycles. The highest BCUT2D eigenvalue weighted by Gasteiger charge is 2.06. The number of oxazole rings is 1. The van der Waals surface area contributed by atoms with Gasteiger partial charge in [0.15, 0.2) is 11.5 Å². The zero-order valence-corrected chi connectivity index (χ0v) is 11.5. The largest absolute Gasteiger partial charge is 0.441 e. The quantitative estimate of drug-likeness (QED) is 0.795. The normalized spacial score (nSPS) is 11.6. The first-order valence-corrected chi connectivity index (χ1v) is 6.80. The summed E-state index contributed by atoms with van der Waals surface area (Å²) in [7, 11) is 0. The van der Waals surface area contributed by atoms with E-state index in [9.17, 15) is 0 Å². The van der Waals surface area contributed by atoms with Crippen LogP contribution >= 0.6 is 0 Å². The average Bonchev–Trinajstić information content (AvgIpc) is 2.75. The molecule has 1 N–H and O–H groups in total. The van der Waals surface area contributed by atoms with Crippen molar-refractivity contribution in [2.24, 2.45) is 0 Å². The number of nitrogens with zero attached hydrogens (tertiary/aromatic N) is 1. The zero-order chi connectivity index (χ0) is 13.0. The van der Waals surface area contributed by atoms with Crippen LogP contribution in [0, 0.1) is 0 Å². The number of aryl methyl sites for hydroxylation is 2. The molecule has 0 amide bonds. The molecular weight excluding hydrogens is 224 g/mol. The second kappa shape index (κ2) is 6.01. The van der Waals surface area contributed by atoms with Crippen LogP contribution in [-0.2, 0) is 12.8 Å². The van der Waals surface area contributed by atoms with Gasteiger partial charge in [0.1, 0.15) is 5.52 Å². The molecule has 0 atom stereocenters. The lowest BCUT2D eigenvalue weighted by molar-refractivity contribution is 0.500. The van der Waals surface area contributed by atoms with E-state index in [0.717, 1.165) is 42.8 Å². The molecule has 0 aliphatic carbocycles. The maximum absolute atomic E-state index is 5.74. The molecule has 0 spiro atoms. The molecule has 0 unspecified atom stereocenters. The van der Waals surface area contributed by atoms with E-state index in [-0.39, 0.29) is 0 Å². The van der Waals surface area contributed by atoms with Crippen LogP contribution in [0.2, 0.25) is 0 Å². The Morgan fingerprint density at radius 2 is 2.17 bits per heavy atom. The van der Waals surface area contributed by atoms with Crippen molar-refractivity contribution in [2.75, 3.05) is 6.54 Å². The van der Waals surface area contributed by atoms with Crippen LogP contribution < -0.4 is 5.32 Å². The summed E-state index contributed by atoms with van der Waals surface area (Å²) < 4.78 is 5.74. The number of hydrogen-bond donors (Lipinski definition) is 1. The molecule has 2 aromatic rings. The number of fused-ring (bicyclic) bond motifs is 1. The van der Waals surface area contributed by atoms with Crippen molar-refractivity contribution in [2.45, 2.75) is 46.1 Å². The van der Waals surface area contributed by atoms with Crippen molar-refractivity contribution in [3.8, 4) is 0 Å². The second-order valence-electron chi connectivity index (χ2n) is 4.98. The molecule has 18 heavy (non-hydrogen) atoms. The fourth-order valence-corrected chi connectivity index (χ4v) is 1.98. The Bertz CT molecular complexity index is 502. The topological polar surface area (TPSA) is 38.1 Å². The number of nitrogens with one attached hydrogen (secondary N) is 1. The van der Waals surface area contributed by atoms with Gasteiger partial charge < -0.3 is 9.73 Å². The maximum atomic E-state index is 5.74. The molecule has 0 saturated heterocycles. The Kier molecular flexibility index (Phi) is 4.37. The van der Waals surface area contributed by atoms with Crippen molar-refractivity contribution in [3.05, 3.63) is 29.7 Å². The molecule has 0 radical (unpaired) electrons. The smallest absolute Gasteiger partial charge is 0.195 e. The summed E-state index contributed by atoms with van der Waals surface area (Å²) in [6, 6.07) is 6.80. The molecule has 2 rings (SSSR count). The summed E-state index contributed by atoms with van der Waals surface area (Å²) in [6.07, 6.45) is 3.00. The fourth-order valence-electron chi connectivity index (χ4n) is 1.98. The van der Waals surface area contributed by atoms with E-state index < -0.39 is 0 Å². The summed E-state index contributed by atoms with van der Waals surface area (Å²) in [6.45, 7) is 7.48. The summed E-state index contributed by atoms with van der Waals surface area (Å²) >= 11 is 0. The minimum atomic E-state index is 0.542. The molecule has 1 heterocycles. The van der Waals surface area contributed by atoms with Gasteiger partial charge in [-0.2, -0.15) is 0 Å². The number of benzene rings is 1. The van der Waals surface area contributed by atoms with Crippen molar-refractivity contribution >= 4 is 11.1 Å². The zero-order valence-electron chi connectivity index (χ0n) is 11.5. The Morgan fingerprint density at radius 3 is 2.89 bits per heavy atom. The van der Waals surface area contributed by atoms with Gasteiger partial charge in [0.25, 0.3) is 0 Å². The lowest BCUT2D eigenvalue weighted by Gasteiger charge is -2.05. The molecule has 3 heteroatoms. The predicted octanol–water partition coefficient (Wildman–Crippen LogP) is 3.32. The minimum absolute atomic E-state index is 0.542. The molecular formula is C15H22N2O. The molecule has 0 aliphatic rings. The van der Waals surface area contributed by atoms with E-state index in [4.69, 9.17) is 4.42 Å². The molecule has 1 aromatic heterocycles. The summed E-state index contributed by atoms with van der Waals surface area (Å²) in [5.74, 6) is 0.851. The van der Waals surface area contributed by atoms with E-state index in [1.54, 1.807) is 0 Å². The van der Waals surface area contributed by atoms with Crippen LogP contribution in [0.5, 0.6) is 0 Å². The predicted molar refractivity (Wildman–Crippen MR) is 74.8 cm³/mol. The highest BCUT2D eigenvalue weighted by molar-refractivity contribution is 5.73. The molecule has 1 aromatic carbocycles. The Balaban J connectivity index is 1.97. The SMILES string of the molecule is CCc1ccc2oc(CCCNC(C)C)nc2c1. The van der Waals surface area contributed by atoms with Gasteiger partial charge in [-0.25, -0.2) is 4.98 Å². The van der Waals surface area contributed by atoms with Gasteiger partial charge in [-0.05, 0) is 37.1 Å². The third kappa shape index (κ3) is 3.33. The third-order valence-corrected chi connectivity index (χ3v) is 3.02. The molecule has 0 fully saturated rings. The summed E-state index contributed by atoms with van der Waals surface area (Å²) in [5.41, 5.74) is 3.20. The van der Waals surface area contributed by atoms with Crippen molar-refractivity contribution < 1.29 is 4.42 Å². The highest BCUT2D eigenvalue weighted by atomic mass is 16.3. The lowest BCUT2D eigenvalue weighted by atomic mass is 10.1. The van der Waals surface area contributed by atoms with E-state index in [1.165, 1.54) is 5.56 Å². The molecule has 0 saturated carbocycles. The Morgan fingerprint density at radius 1 is 1.33 bits per heavy atom. The Hall–Kier alpha value is -1.35. The molecule has 0 bridgehead atoms. The second-order valence-corrected chi connectivity index (χ2v) is 4.98. The average molecular weight is 246 g/mol. The molecule has 98 valence electrons. The monoisotopic (exact) mass is 246 g/mol. The van der Waals surface area contributed by atoms with Gasteiger partial charge in [-0.1, -0.05) is 26.8 Å². The van der Waals surface area contributed by atoms with Crippen LogP contribution in [0.25, 0.3) is 11.1 Å². The lowest BCUT2D eigenvalue weighted by Crippen LogP contribution is -2.23. The van der Waals surface area contributed by atoms with Gasteiger partial charge in [0.05, 0.1) is 0 Å². The number of rotatable bonds is 6. The van der Waals surface area contributed by atoms with Crippen LogP contribution in [-0.4, -0.2) is 17.6 Å². The summed E-state index contributed by atoms with van der Waals surface area (Å²) in [4.78, 5) is 4.54. The van der Waals surface area contributed by atoms with Gasteiger partial charge in [-0.3, -0.25) is 0 Å². The van der Waals surface area contributed by atoms with E-state index in [1.807, 2.05) is 6.07 Å². The first-order chi connectivity index (χ1) is 8.69. The van der Waals surface area contributed by atoms with E-state index >= 15 is 0 Å². The number of aromatic nitrogens is 1. The first-order valence-electron chi connectivity index (χ1n) is 6.80. The minimum Gasteiger partial charge on any atom is -0.441 e. The maximum Gasteiger partial charge on any atom is 0.195 e. The van der Waals surface area contributed by atoms with Crippen LogP contribution in [0.15, 0.2) is 22.6 Å². The number of hydrogen-bond acceptors (Lipinski definition) is 3. The van der Waals surface area contributed by atoms with E-state index in [2.05, 4.69) is 43.2 Å². The van der Waals surface area contributed by atoms with Gasteiger partial charge in [-0.15, -0.1) is 0 Å². The van der Waals surface area contributed by atoms with Crippen LogP contribution in [0.4, 0.5) is 0 Å². The van der Waals surface area contributed by atoms with Gasteiger partial charge in [0, 0.05) is 12.5 Å². The van der Waals surface area contributed by atoms with Crippen LogP contribution in [0.3, 0.4) is 0 Å². The standard InChI is InChI=1S/C15H22N2O/c1-4-12-7-8-14-13(10-12)17-15(18-14)6-5-9-16-11(2)3/h7-8,10-11,16H,4-6,9H2,1-3H3. The highest BCUT2D eigenvalue weighted by Crippen LogP contribution is 2.18. The fraction of sp³-hybridized carbons (Fsp3) is 0.533. The summed E-state index contributed by atoms with van der Waals surface area (Å²) in [5, 5.41) is 3.40. The van der Waals surface area contributed by atoms with Crippen molar-refractivity contribution in [3.63, 3.8) is 0 Å². The Labute approximate surface area is 109 Å². The van der Waals surface area contributed by atoms with Gasteiger partial charge in [0.2, 0.25) is 0 Å². The third-order valence-electron chi connectivity index (χ3n) is 3.02. The van der Waals surface area contributed by atoms with Gasteiger partial charge >= 0.3 is 0 Å². The van der Waals surface area contributed by atoms with Crippen LogP contribution in [0.1, 0.15) is 38.6 Å².